The summed E-state index contributed by atoms with van der Waals surface area (Å²) in [5, 5.41) is 19.5. The monoisotopic (exact) mass is 202 g/mol. The summed E-state index contributed by atoms with van der Waals surface area (Å²) >= 11 is 0. The van der Waals surface area contributed by atoms with Crippen LogP contribution >= 0.6 is 0 Å². The Morgan fingerprint density at radius 3 is 2.07 bits per heavy atom. The zero-order valence-electron chi connectivity index (χ0n) is 9.53. The van der Waals surface area contributed by atoms with Gasteiger partial charge < -0.3 is 10.2 Å². The highest BCUT2D eigenvalue weighted by Crippen LogP contribution is 2.20. The zero-order chi connectivity index (χ0) is 11.3. The van der Waals surface area contributed by atoms with Crippen LogP contribution in [0.4, 0.5) is 0 Å². The minimum absolute atomic E-state index is 0.00425. The fourth-order valence-electron chi connectivity index (χ4n) is 1.63. The molecule has 0 aliphatic carbocycles. The summed E-state index contributed by atoms with van der Waals surface area (Å²) in [4.78, 5) is 11.3. The van der Waals surface area contributed by atoms with Crippen LogP contribution in [-0.4, -0.2) is 28.2 Å². The summed E-state index contributed by atoms with van der Waals surface area (Å²) in [6, 6.07) is 0. The molecule has 0 rings (SSSR count). The summed E-state index contributed by atoms with van der Waals surface area (Å²) in [6.45, 7) is 7.07. The summed E-state index contributed by atoms with van der Waals surface area (Å²) in [5.74, 6) is -0.766. The molecule has 0 spiro atoms. The molecule has 0 aliphatic heterocycles. The van der Waals surface area contributed by atoms with Crippen molar-refractivity contribution >= 4 is 5.78 Å². The van der Waals surface area contributed by atoms with Gasteiger partial charge in [-0.3, -0.25) is 4.79 Å². The van der Waals surface area contributed by atoms with Gasteiger partial charge in [0.15, 0.2) is 0 Å². The van der Waals surface area contributed by atoms with Crippen molar-refractivity contribution in [3.05, 3.63) is 0 Å². The van der Waals surface area contributed by atoms with Crippen molar-refractivity contribution in [3.8, 4) is 0 Å². The lowest BCUT2D eigenvalue weighted by atomic mass is 9.84. The Hall–Kier alpha value is -0.410. The number of ketones is 1. The second-order valence-corrected chi connectivity index (χ2v) is 4.23. The molecule has 0 fully saturated rings. The fourth-order valence-corrected chi connectivity index (χ4v) is 1.63. The minimum Gasteiger partial charge on any atom is -0.392 e. The molecule has 0 unspecified atom stereocenters. The Labute approximate surface area is 86.1 Å². The molecular weight excluding hydrogens is 180 g/mol. The summed E-state index contributed by atoms with van der Waals surface area (Å²) < 4.78 is 0. The van der Waals surface area contributed by atoms with Crippen LogP contribution in [0.15, 0.2) is 0 Å². The van der Waals surface area contributed by atoms with E-state index >= 15 is 0 Å². The van der Waals surface area contributed by atoms with Gasteiger partial charge >= 0.3 is 0 Å². The largest absolute Gasteiger partial charge is 0.392 e. The van der Waals surface area contributed by atoms with Gasteiger partial charge in [-0.15, -0.1) is 0 Å². The maximum Gasteiger partial charge on any atom is 0.138 e. The molecule has 2 N–H and O–H groups in total. The molecular formula is C11H22O3. The first-order valence-corrected chi connectivity index (χ1v) is 5.28. The van der Waals surface area contributed by atoms with Crippen LogP contribution in [0.5, 0.6) is 0 Å². The van der Waals surface area contributed by atoms with E-state index in [9.17, 15) is 15.0 Å². The second kappa shape index (κ2) is 6.14. The van der Waals surface area contributed by atoms with Gasteiger partial charge in [0, 0.05) is 0 Å². The van der Waals surface area contributed by atoms with E-state index in [1.807, 2.05) is 20.8 Å². The van der Waals surface area contributed by atoms with Gasteiger partial charge in [-0.25, -0.2) is 0 Å². The molecule has 0 aliphatic rings. The molecule has 84 valence electrons. The number of rotatable bonds is 6. The first kappa shape index (κ1) is 13.6. The van der Waals surface area contributed by atoms with Crippen molar-refractivity contribution in [2.75, 3.05) is 0 Å². The molecule has 0 amide bonds. The van der Waals surface area contributed by atoms with Gasteiger partial charge in [-0.2, -0.15) is 0 Å². The highest BCUT2D eigenvalue weighted by Gasteiger charge is 2.32. The highest BCUT2D eigenvalue weighted by atomic mass is 16.3. The molecule has 0 aromatic carbocycles. The lowest BCUT2D eigenvalue weighted by Crippen LogP contribution is -2.39. The van der Waals surface area contributed by atoms with Crippen molar-refractivity contribution in [3.63, 3.8) is 0 Å². The average molecular weight is 202 g/mol. The van der Waals surface area contributed by atoms with E-state index in [2.05, 4.69) is 0 Å². The summed E-state index contributed by atoms with van der Waals surface area (Å²) in [6.07, 6.45) is -0.0759. The first-order chi connectivity index (χ1) is 6.41. The number of hydrogen-bond acceptors (Lipinski definition) is 3. The fraction of sp³-hybridized carbons (Fsp3) is 0.909. The van der Waals surface area contributed by atoms with E-state index in [-0.39, 0.29) is 11.7 Å². The van der Waals surface area contributed by atoms with Crippen molar-refractivity contribution < 1.29 is 15.0 Å². The number of aliphatic hydroxyl groups excluding tert-OH is 2. The van der Waals surface area contributed by atoms with Crippen molar-refractivity contribution in [2.45, 2.75) is 52.7 Å². The number of Topliss-reactive ketones (excluding diaryl/α,β-unsaturated/α-hetero) is 1. The van der Waals surface area contributed by atoms with Gasteiger partial charge in [0.1, 0.15) is 5.78 Å². The first-order valence-electron chi connectivity index (χ1n) is 5.28. The molecule has 0 saturated carbocycles. The molecule has 0 radical (unpaired) electrons. The van der Waals surface area contributed by atoms with Crippen LogP contribution in [0, 0.1) is 11.8 Å². The van der Waals surface area contributed by atoms with Gasteiger partial charge in [0.25, 0.3) is 0 Å². The minimum atomic E-state index is -0.742. The molecule has 0 heterocycles. The van der Waals surface area contributed by atoms with E-state index in [1.165, 1.54) is 6.92 Å². The topological polar surface area (TPSA) is 57.5 Å². The predicted molar refractivity (Wildman–Crippen MR) is 55.9 cm³/mol. The Bertz CT molecular complexity index is 177. The van der Waals surface area contributed by atoms with Gasteiger partial charge in [-0.1, -0.05) is 27.2 Å². The number of carbonyl (C=O) groups is 1. The summed E-state index contributed by atoms with van der Waals surface area (Å²) in [5.41, 5.74) is 0. The van der Waals surface area contributed by atoms with Crippen molar-refractivity contribution in [1.29, 1.82) is 0 Å². The van der Waals surface area contributed by atoms with Crippen LogP contribution in [0.3, 0.4) is 0 Å². The van der Waals surface area contributed by atoms with Crippen molar-refractivity contribution in [1.82, 2.24) is 0 Å². The quantitative estimate of drug-likeness (QED) is 0.684. The van der Waals surface area contributed by atoms with Crippen LogP contribution < -0.4 is 0 Å². The standard InChI is InChI=1S/C11H22O3/c1-5-6-9(13)10(8(4)12)11(14)7(2)3/h7,9-11,13-14H,5-6H2,1-4H3/t9-,10+,11-/m0/s1. The second-order valence-electron chi connectivity index (χ2n) is 4.23. The Kier molecular flexibility index (Phi) is 5.96. The van der Waals surface area contributed by atoms with Gasteiger partial charge in [0.2, 0.25) is 0 Å². The zero-order valence-corrected chi connectivity index (χ0v) is 9.53. The smallest absolute Gasteiger partial charge is 0.138 e. The number of aliphatic hydroxyl groups is 2. The molecule has 14 heavy (non-hydrogen) atoms. The van der Waals surface area contributed by atoms with Crippen molar-refractivity contribution in [2.24, 2.45) is 11.8 Å². The third-order valence-electron chi connectivity index (χ3n) is 2.52. The molecule has 0 aromatic rings. The maximum atomic E-state index is 11.3. The molecule has 0 saturated heterocycles. The van der Waals surface area contributed by atoms with E-state index in [4.69, 9.17) is 0 Å². The molecule has 0 aromatic heterocycles. The predicted octanol–water partition coefficient (Wildman–Crippen LogP) is 1.37. The number of hydrogen-bond donors (Lipinski definition) is 2. The third-order valence-corrected chi connectivity index (χ3v) is 2.52. The average Bonchev–Trinajstić information content (AvgIpc) is 2.03. The van der Waals surface area contributed by atoms with Crippen LogP contribution in [0.1, 0.15) is 40.5 Å². The molecule has 3 nitrogen and oxygen atoms in total. The van der Waals surface area contributed by atoms with Crippen LogP contribution in [-0.2, 0) is 4.79 Å². The lowest BCUT2D eigenvalue weighted by molar-refractivity contribution is -0.131. The molecule has 3 atom stereocenters. The van der Waals surface area contributed by atoms with Gasteiger partial charge in [-0.05, 0) is 19.3 Å². The van der Waals surface area contributed by atoms with Crippen LogP contribution in [0.25, 0.3) is 0 Å². The highest BCUT2D eigenvalue weighted by molar-refractivity contribution is 5.79. The van der Waals surface area contributed by atoms with Gasteiger partial charge in [0.05, 0.1) is 18.1 Å². The normalized spacial score (nSPS) is 17.9. The SMILES string of the molecule is CCC[C@H](O)[C@@H](C(C)=O)[C@@H](O)C(C)C. The lowest BCUT2D eigenvalue weighted by Gasteiger charge is -2.27. The summed E-state index contributed by atoms with van der Waals surface area (Å²) in [7, 11) is 0. The van der Waals surface area contributed by atoms with E-state index in [0.717, 1.165) is 6.42 Å². The molecule has 3 heteroatoms. The molecule has 0 bridgehead atoms. The van der Waals surface area contributed by atoms with E-state index in [0.29, 0.717) is 6.42 Å². The van der Waals surface area contributed by atoms with Crippen LogP contribution in [0.2, 0.25) is 0 Å². The Morgan fingerprint density at radius 1 is 1.29 bits per heavy atom. The number of carbonyl (C=O) groups excluding carboxylic acids is 1. The Morgan fingerprint density at radius 2 is 1.79 bits per heavy atom. The Balaban J connectivity index is 4.50. The van der Waals surface area contributed by atoms with E-state index < -0.39 is 18.1 Å². The van der Waals surface area contributed by atoms with E-state index in [1.54, 1.807) is 0 Å². The maximum absolute atomic E-state index is 11.3. The third kappa shape index (κ3) is 3.76.